The van der Waals surface area contributed by atoms with Crippen molar-refractivity contribution in [3.05, 3.63) is 26.6 Å². The SMILES string of the molecule is C[C@H](NCc1cc(Br)c(O)c(Br)c1)C1CCCC1. The Morgan fingerprint density at radius 1 is 1.28 bits per heavy atom. The summed E-state index contributed by atoms with van der Waals surface area (Å²) >= 11 is 6.72. The predicted molar refractivity (Wildman–Crippen MR) is 81.8 cm³/mol. The van der Waals surface area contributed by atoms with E-state index in [1.807, 2.05) is 12.1 Å². The van der Waals surface area contributed by atoms with Crippen LogP contribution in [0.3, 0.4) is 0 Å². The molecule has 2 nitrogen and oxygen atoms in total. The second-order valence-corrected chi connectivity index (χ2v) is 6.83. The van der Waals surface area contributed by atoms with Gasteiger partial charge in [0.15, 0.2) is 0 Å². The first-order valence-electron chi connectivity index (χ1n) is 6.48. The van der Waals surface area contributed by atoms with Gasteiger partial charge in [0.2, 0.25) is 0 Å². The molecule has 1 fully saturated rings. The van der Waals surface area contributed by atoms with Crippen LogP contribution in [0.25, 0.3) is 0 Å². The summed E-state index contributed by atoms with van der Waals surface area (Å²) in [5, 5.41) is 13.3. The molecule has 0 spiro atoms. The molecule has 0 aliphatic heterocycles. The summed E-state index contributed by atoms with van der Waals surface area (Å²) in [5.74, 6) is 1.09. The zero-order chi connectivity index (χ0) is 13.1. The van der Waals surface area contributed by atoms with Crippen LogP contribution in [-0.2, 0) is 6.54 Å². The largest absolute Gasteiger partial charge is 0.506 e. The fourth-order valence-corrected chi connectivity index (χ4v) is 3.90. The van der Waals surface area contributed by atoms with E-state index in [2.05, 4.69) is 44.1 Å². The van der Waals surface area contributed by atoms with Crippen molar-refractivity contribution in [3.8, 4) is 5.75 Å². The van der Waals surface area contributed by atoms with Gasteiger partial charge in [0.25, 0.3) is 0 Å². The van der Waals surface area contributed by atoms with Crippen LogP contribution >= 0.6 is 31.9 Å². The highest BCUT2D eigenvalue weighted by Crippen LogP contribution is 2.33. The van der Waals surface area contributed by atoms with Gasteiger partial charge >= 0.3 is 0 Å². The van der Waals surface area contributed by atoms with Crippen LogP contribution in [0.15, 0.2) is 21.1 Å². The van der Waals surface area contributed by atoms with Crippen molar-refractivity contribution in [2.75, 3.05) is 0 Å². The number of benzene rings is 1. The molecule has 1 aromatic rings. The van der Waals surface area contributed by atoms with Crippen molar-refractivity contribution in [2.24, 2.45) is 5.92 Å². The topological polar surface area (TPSA) is 32.3 Å². The van der Waals surface area contributed by atoms with Crippen LogP contribution in [0, 0.1) is 5.92 Å². The third-order valence-corrected chi connectivity index (χ3v) is 5.02. The van der Waals surface area contributed by atoms with Gasteiger partial charge in [-0.3, -0.25) is 0 Å². The van der Waals surface area contributed by atoms with Crippen molar-refractivity contribution in [2.45, 2.75) is 45.2 Å². The Labute approximate surface area is 125 Å². The molecule has 0 radical (unpaired) electrons. The van der Waals surface area contributed by atoms with Crippen molar-refractivity contribution >= 4 is 31.9 Å². The molecule has 0 unspecified atom stereocenters. The van der Waals surface area contributed by atoms with E-state index in [1.165, 1.54) is 31.2 Å². The monoisotopic (exact) mass is 375 g/mol. The summed E-state index contributed by atoms with van der Waals surface area (Å²) in [5.41, 5.74) is 1.18. The minimum absolute atomic E-state index is 0.266. The molecule has 1 atom stereocenters. The second kappa shape index (κ2) is 6.40. The Hall–Kier alpha value is -0.0600. The van der Waals surface area contributed by atoms with E-state index in [4.69, 9.17) is 0 Å². The van der Waals surface area contributed by atoms with Crippen LogP contribution in [0.4, 0.5) is 0 Å². The van der Waals surface area contributed by atoms with E-state index < -0.39 is 0 Å². The van der Waals surface area contributed by atoms with Crippen molar-refractivity contribution in [1.82, 2.24) is 5.32 Å². The van der Waals surface area contributed by atoms with E-state index in [9.17, 15) is 5.11 Å². The summed E-state index contributed by atoms with van der Waals surface area (Å²) in [6.07, 6.45) is 5.48. The summed E-state index contributed by atoms with van der Waals surface area (Å²) < 4.78 is 1.48. The predicted octanol–water partition coefficient (Wildman–Crippen LogP) is 4.59. The average molecular weight is 377 g/mol. The van der Waals surface area contributed by atoms with E-state index >= 15 is 0 Å². The van der Waals surface area contributed by atoms with Gasteiger partial charge in [0.05, 0.1) is 8.95 Å². The highest BCUT2D eigenvalue weighted by atomic mass is 79.9. The number of halogens is 2. The maximum atomic E-state index is 9.67. The molecule has 0 saturated heterocycles. The Balaban J connectivity index is 1.93. The number of rotatable bonds is 4. The number of nitrogens with one attached hydrogen (secondary N) is 1. The van der Waals surface area contributed by atoms with Crippen LogP contribution < -0.4 is 5.32 Å². The van der Waals surface area contributed by atoms with Gasteiger partial charge in [0.1, 0.15) is 5.75 Å². The van der Waals surface area contributed by atoms with Gasteiger partial charge in [-0.2, -0.15) is 0 Å². The van der Waals surface area contributed by atoms with Crippen molar-refractivity contribution < 1.29 is 5.11 Å². The standard InChI is InChI=1S/C14H19Br2NO/c1-9(11-4-2-3-5-11)17-8-10-6-12(15)14(18)13(16)7-10/h6-7,9,11,17-18H,2-5,8H2,1H3/t9-/m0/s1. The number of aromatic hydroxyl groups is 1. The molecule has 1 aliphatic rings. The fraction of sp³-hybridized carbons (Fsp3) is 0.571. The Kier molecular flexibility index (Phi) is 5.10. The molecule has 0 bridgehead atoms. The molecule has 4 heteroatoms. The van der Waals surface area contributed by atoms with Crippen LogP contribution in [0.1, 0.15) is 38.2 Å². The number of hydrogen-bond acceptors (Lipinski definition) is 2. The van der Waals surface area contributed by atoms with E-state index in [1.54, 1.807) is 0 Å². The lowest BCUT2D eigenvalue weighted by Crippen LogP contribution is -2.31. The average Bonchev–Trinajstić information content (AvgIpc) is 2.86. The molecule has 2 N–H and O–H groups in total. The Morgan fingerprint density at radius 3 is 2.39 bits per heavy atom. The van der Waals surface area contributed by atoms with Gasteiger partial charge < -0.3 is 10.4 Å². The molecular formula is C14H19Br2NO. The molecule has 100 valence electrons. The van der Waals surface area contributed by atoms with E-state index in [0.29, 0.717) is 6.04 Å². The van der Waals surface area contributed by atoms with Crippen LogP contribution in [0.2, 0.25) is 0 Å². The summed E-state index contributed by atoms with van der Waals surface area (Å²) in [6.45, 7) is 3.12. The van der Waals surface area contributed by atoms with Gasteiger partial charge in [-0.1, -0.05) is 12.8 Å². The first-order chi connectivity index (χ1) is 8.58. The van der Waals surface area contributed by atoms with Crippen LogP contribution in [-0.4, -0.2) is 11.1 Å². The highest BCUT2D eigenvalue weighted by molar-refractivity contribution is 9.11. The molecule has 1 aromatic carbocycles. The molecule has 18 heavy (non-hydrogen) atoms. The smallest absolute Gasteiger partial charge is 0.143 e. The third-order valence-electron chi connectivity index (χ3n) is 3.81. The third kappa shape index (κ3) is 3.49. The van der Waals surface area contributed by atoms with Crippen molar-refractivity contribution in [3.63, 3.8) is 0 Å². The Bertz CT molecular complexity index is 393. The zero-order valence-electron chi connectivity index (χ0n) is 10.5. The lowest BCUT2D eigenvalue weighted by molar-refractivity contribution is 0.380. The van der Waals surface area contributed by atoms with Crippen LogP contribution in [0.5, 0.6) is 5.75 Å². The summed E-state index contributed by atoms with van der Waals surface area (Å²) in [6, 6.07) is 4.50. The van der Waals surface area contributed by atoms with E-state index in [0.717, 1.165) is 21.4 Å². The first kappa shape index (κ1) is 14.4. The van der Waals surface area contributed by atoms with Gasteiger partial charge in [-0.05, 0) is 75.2 Å². The molecule has 0 heterocycles. The van der Waals surface area contributed by atoms with Gasteiger partial charge in [-0.15, -0.1) is 0 Å². The molecule has 0 amide bonds. The number of phenols is 1. The molecule has 2 rings (SSSR count). The Morgan fingerprint density at radius 2 is 1.83 bits per heavy atom. The maximum Gasteiger partial charge on any atom is 0.143 e. The minimum Gasteiger partial charge on any atom is -0.506 e. The molecule has 1 aliphatic carbocycles. The van der Waals surface area contributed by atoms with Gasteiger partial charge in [0, 0.05) is 12.6 Å². The minimum atomic E-state index is 0.266. The van der Waals surface area contributed by atoms with Crippen molar-refractivity contribution in [1.29, 1.82) is 0 Å². The van der Waals surface area contributed by atoms with E-state index in [-0.39, 0.29) is 5.75 Å². The molecular weight excluding hydrogens is 358 g/mol. The van der Waals surface area contributed by atoms with Gasteiger partial charge in [-0.25, -0.2) is 0 Å². The highest BCUT2D eigenvalue weighted by Gasteiger charge is 2.20. The normalized spacial score (nSPS) is 18.2. The quantitative estimate of drug-likeness (QED) is 0.805. The first-order valence-corrected chi connectivity index (χ1v) is 8.07. The molecule has 0 aromatic heterocycles. The number of phenolic OH excluding ortho intramolecular Hbond substituents is 1. The summed E-state index contributed by atoms with van der Waals surface area (Å²) in [7, 11) is 0. The lowest BCUT2D eigenvalue weighted by Gasteiger charge is -2.20. The fourth-order valence-electron chi connectivity index (χ4n) is 2.62. The molecule has 1 saturated carbocycles. The maximum absolute atomic E-state index is 9.67. The lowest BCUT2D eigenvalue weighted by atomic mass is 9.99. The second-order valence-electron chi connectivity index (χ2n) is 5.12. The zero-order valence-corrected chi connectivity index (χ0v) is 13.7. The number of hydrogen-bond donors (Lipinski definition) is 2. The summed E-state index contributed by atoms with van der Waals surface area (Å²) in [4.78, 5) is 0.